The van der Waals surface area contributed by atoms with E-state index >= 15 is 0 Å². The second-order valence-corrected chi connectivity index (χ2v) is 13.5. The summed E-state index contributed by atoms with van der Waals surface area (Å²) in [5.74, 6) is -1.47. The molecule has 42 heavy (non-hydrogen) atoms. The number of amides is 2. The molecular weight excluding hydrogens is 559 g/mol. The Hall–Kier alpha value is -3.28. The molecule has 1 fully saturated rings. The summed E-state index contributed by atoms with van der Waals surface area (Å²) >= 11 is 0. The minimum Gasteiger partial charge on any atom is -0.378 e. The van der Waals surface area contributed by atoms with E-state index in [2.05, 4.69) is 9.29 Å². The number of benzene rings is 1. The molecule has 4 bridgehead atoms. The number of carbonyl (C=O) groups is 2. The summed E-state index contributed by atoms with van der Waals surface area (Å²) in [6, 6.07) is 5.30. The van der Waals surface area contributed by atoms with Crippen LogP contribution in [0.15, 0.2) is 53.9 Å². The first kappa shape index (κ1) is 28.8. The fourth-order valence-electron chi connectivity index (χ4n) is 6.79. The van der Waals surface area contributed by atoms with Crippen LogP contribution in [0, 0.1) is 5.92 Å². The molecule has 2 aromatic rings. The van der Waals surface area contributed by atoms with Crippen LogP contribution in [0.2, 0.25) is 0 Å². The lowest BCUT2D eigenvalue weighted by atomic mass is 9.77. The maximum Gasteiger partial charge on any atom is 0.303 e. The van der Waals surface area contributed by atoms with Crippen molar-refractivity contribution in [1.29, 1.82) is 0 Å². The Morgan fingerprint density at radius 1 is 1.02 bits per heavy atom. The predicted octanol–water partition coefficient (Wildman–Crippen LogP) is 4.15. The highest BCUT2D eigenvalue weighted by molar-refractivity contribution is 7.87. The van der Waals surface area contributed by atoms with E-state index in [1.165, 1.54) is 25.1 Å². The number of carbonyl (C=O) groups excluding carboxylic acids is 2. The van der Waals surface area contributed by atoms with E-state index in [1.807, 2.05) is 18.2 Å². The topological polar surface area (TPSA) is 101 Å². The molecule has 4 aliphatic rings. The summed E-state index contributed by atoms with van der Waals surface area (Å²) in [5.41, 5.74) is 3.74. The maximum absolute atomic E-state index is 14.7. The molecule has 3 heterocycles. The molecule has 0 radical (unpaired) electrons. The van der Waals surface area contributed by atoms with Crippen LogP contribution in [-0.4, -0.2) is 74.4 Å². The largest absolute Gasteiger partial charge is 0.378 e. The van der Waals surface area contributed by atoms with Gasteiger partial charge in [0.15, 0.2) is 0 Å². The van der Waals surface area contributed by atoms with Crippen molar-refractivity contribution < 1.29 is 27.1 Å². The number of fused-ring (bicyclic) bond motifs is 4. The van der Waals surface area contributed by atoms with Crippen molar-refractivity contribution in [3.8, 4) is 0 Å². The van der Waals surface area contributed by atoms with Gasteiger partial charge < -0.3 is 14.2 Å². The van der Waals surface area contributed by atoms with E-state index in [9.17, 15) is 22.4 Å². The van der Waals surface area contributed by atoms with Gasteiger partial charge in [0.25, 0.3) is 11.8 Å². The third-order valence-electron chi connectivity index (χ3n) is 9.06. The Kier molecular flexibility index (Phi) is 7.84. The molecule has 1 saturated carbocycles. The van der Waals surface area contributed by atoms with Crippen molar-refractivity contribution in [3.63, 3.8) is 0 Å². The smallest absolute Gasteiger partial charge is 0.303 e. The van der Waals surface area contributed by atoms with Crippen molar-refractivity contribution >= 4 is 32.9 Å². The zero-order valence-electron chi connectivity index (χ0n) is 24.0. The third kappa shape index (κ3) is 5.33. The van der Waals surface area contributed by atoms with Crippen LogP contribution in [0.5, 0.6) is 0 Å². The van der Waals surface area contributed by atoms with Gasteiger partial charge in [0.2, 0.25) is 0 Å². The molecular formula is C31H37FN4O5S. The lowest BCUT2D eigenvalue weighted by molar-refractivity contribution is -0.126. The number of hydrogen-bond donors (Lipinski definition) is 1. The monoisotopic (exact) mass is 596 g/mol. The van der Waals surface area contributed by atoms with Crippen LogP contribution in [-0.2, 0) is 26.3 Å². The number of hydrogen-bond acceptors (Lipinski definition) is 5. The normalized spacial score (nSPS) is 26.0. The SMILES string of the molecule is CN1CCOCCN(C)S(=O)(=O)NC(=O)c2ccc3c(C4CCCCC4)c4n(c3c2)CC(=CC2C=C(F)C=CC42)C1=O. The van der Waals surface area contributed by atoms with Crippen LogP contribution in [0.3, 0.4) is 0 Å². The number of allylic oxidation sites excluding steroid dienone is 5. The summed E-state index contributed by atoms with van der Waals surface area (Å²) in [6.07, 6.45) is 12.4. The predicted molar refractivity (Wildman–Crippen MR) is 158 cm³/mol. The molecule has 1 aromatic carbocycles. The molecule has 1 aromatic heterocycles. The summed E-state index contributed by atoms with van der Waals surface area (Å²) in [5, 5.41) is 0.990. The van der Waals surface area contributed by atoms with Crippen LogP contribution >= 0.6 is 0 Å². The van der Waals surface area contributed by atoms with Crippen LogP contribution < -0.4 is 4.72 Å². The minimum atomic E-state index is -4.10. The molecule has 6 rings (SSSR count). The van der Waals surface area contributed by atoms with E-state index in [0.29, 0.717) is 18.0 Å². The van der Waals surface area contributed by atoms with Crippen molar-refractivity contribution in [1.82, 2.24) is 18.5 Å². The Morgan fingerprint density at radius 2 is 1.79 bits per heavy atom. The Labute approximate surface area is 245 Å². The molecule has 2 atom stereocenters. The lowest BCUT2D eigenvalue weighted by Gasteiger charge is -2.28. The number of nitrogens with one attached hydrogen (secondary N) is 1. The highest BCUT2D eigenvalue weighted by Crippen LogP contribution is 2.47. The highest BCUT2D eigenvalue weighted by Gasteiger charge is 2.36. The molecule has 11 heteroatoms. The van der Waals surface area contributed by atoms with Gasteiger partial charge in [0.1, 0.15) is 5.83 Å². The first-order valence-electron chi connectivity index (χ1n) is 14.7. The third-order valence-corrected chi connectivity index (χ3v) is 10.5. The number of halogens is 1. The number of ether oxygens (including phenoxy) is 1. The molecule has 2 aliphatic carbocycles. The fraction of sp³-hybridized carbons (Fsp3) is 0.484. The van der Waals surface area contributed by atoms with Gasteiger partial charge in [0.05, 0.1) is 19.8 Å². The Bertz CT molecular complexity index is 1620. The highest BCUT2D eigenvalue weighted by atomic mass is 32.2. The first-order valence-corrected chi connectivity index (χ1v) is 16.1. The number of nitrogens with zero attached hydrogens (tertiary/aromatic N) is 3. The quantitative estimate of drug-likeness (QED) is 0.533. The number of rotatable bonds is 1. The lowest BCUT2D eigenvalue weighted by Crippen LogP contribution is -2.42. The molecule has 2 unspecified atom stereocenters. The summed E-state index contributed by atoms with van der Waals surface area (Å²) in [6.45, 7) is 0.908. The standard InChI is InChI=1S/C31H37FN4O5S/c1-34-12-14-41-15-13-35(2)42(39,40)33-30(37)21-8-10-26-27(18-21)36-19-23(31(34)38)16-22-17-24(32)9-11-25(22)29(36)28(26)20-6-4-3-5-7-20/h8-11,16-18,20,22,25H,3-7,12-15,19H2,1-2H3,(H,33,37). The van der Waals surface area contributed by atoms with Gasteiger partial charge >= 0.3 is 10.2 Å². The molecule has 9 nitrogen and oxygen atoms in total. The van der Waals surface area contributed by atoms with Crippen LogP contribution in [0.4, 0.5) is 4.39 Å². The fourth-order valence-corrected chi connectivity index (χ4v) is 7.61. The van der Waals surface area contributed by atoms with E-state index in [1.54, 1.807) is 30.2 Å². The molecule has 0 spiro atoms. The summed E-state index contributed by atoms with van der Waals surface area (Å²) < 4.78 is 51.4. The van der Waals surface area contributed by atoms with Gasteiger partial charge in [-0.3, -0.25) is 9.59 Å². The van der Waals surface area contributed by atoms with Crippen LogP contribution in [0.25, 0.3) is 10.9 Å². The number of aromatic nitrogens is 1. The zero-order valence-corrected chi connectivity index (χ0v) is 24.8. The Balaban J connectivity index is 1.57. The van der Waals surface area contributed by atoms with Gasteiger partial charge in [-0.25, -0.2) is 9.11 Å². The summed E-state index contributed by atoms with van der Waals surface area (Å²) in [4.78, 5) is 28.7. The molecule has 0 saturated heterocycles. The van der Waals surface area contributed by atoms with Crippen molar-refractivity contribution in [2.24, 2.45) is 5.92 Å². The average Bonchev–Trinajstić information content (AvgIpc) is 3.18. The van der Waals surface area contributed by atoms with Crippen molar-refractivity contribution in [2.75, 3.05) is 40.4 Å². The van der Waals surface area contributed by atoms with Crippen molar-refractivity contribution in [3.05, 3.63) is 70.7 Å². The second kappa shape index (κ2) is 11.4. The van der Waals surface area contributed by atoms with Crippen LogP contribution in [0.1, 0.15) is 65.6 Å². The van der Waals surface area contributed by atoms with Crippen molar-refractivity contribution in [2.45, 2.75) is 50.5 Å². The van der Waals surface area contributed by atoms with E-state index < -0.39 is 16.1 Å². The second-order valence-electron chi connectivity index (χ2n) is 11.8. The first-order chi connectivity index (χ1) is 20.1. The minimum absolute atomic E-state index is 0.0376. The van der Waals surface area contributed by atoms with E-state index in [-0.39, 0.29) is 55.4 Å². The average molecular weight is 597 g/mol. The van der Waals surface area contributed by atoms with Gasteiger partial charge in [-0.05, 0) is 48.6 Å². The molecule has 2 aliphatic heterocycles. The zero-order chi connectivity index (χ0) is 29.6. The maximum atomic E-state index is 14.7. The molecule has 2 amide bonds. The number of likely N-dealkylation sites (N-methyl/N-ethyl adjacent to an activating group) is 2. The van der Waals surface area contributed by atoms with Gasteiger partial charge in [-0.15, -0.1) is 0 Å². The van der Waals surface area contributed by atoms with Gasteiger partial charge in [-0.2, -0.15) is 12.7 Å². The van der Waals surface area contributed by atoms with E-state index in [0.717, 1.165) is 46.6 Å². The summed E-state index contributed by atoms with van der Waals surface area (Å²) in [7, 11) is -1.01. The molecule has 1 N–H and O–H groups in total. The Morgan fingerprint density at radius 3 is 2.57 bits per heavy atom. The molecule has 224 valence electrons. The van der Waals surface area contributed by atoms with E-state index in [4.69, 9.17) is 4.74 Å². The van der Waals surface area contributed by atoms with Gasteiger partial charge in [-0.1, -0.05) is 37.5 Å². The van der Waals surface area contributed by atoms with Gasteiger partial charge in [0, 0.05) is 66.8 Å².